The van der Waals surface area contributed by atoms with Gasteiger partial charge in [0.2, 0.25) is 0 Å². The van der Waals surface area contributed by atoms with Crippen LogP contribution < -0.4 is 28.5 Å². The van der Waals surface area contributed by atoms with Crippen molar-refractivity contribution in [1.82, 2.24) is 14.1 Å². The van der Waals surface area contributed by atoms with Gasteiger partial charge in [0.1, 0.15) is 0 Å². The monoisotopic (exact) mass is 311 g/mol. The Bertz CT molecular complexity index is 946. The topological polar surface area (TPSA) is 129 Å². The molecule has 8 heteroatoms. The van der Waals surface area contributed by atoms with Crippen LogP contribution in [0.4, 0.5) is 11.4 Å². The van der Waals surface area contributed by atoms with Gasteiger partial charge in [-0.3, -0.25) is 4.98 Å². The molecule has 2 aromatic carbocycles. The number of H-pyrrole nitrogens is 1. The molecular weight excluding hydrogens is 298 g/mol. The lowest BCUT2D eigenvalue weighted by Gasteiger charge is -2.09. The van der Waals surface area contributed by atoms with E-state index in [2.05, 4.69) is 4.98 Å². The summed E-state index contributed by atoms with van der Waals surface area (Å²) in [4.78, 5) is 38.8. The standard InChI is InChI=1S/C15H13N5O3/c16-9-1-5-11(6-2-9)19-13(21)18-14(22)20(15(19)23)12-7-3-10(17)4-8-12/h1-8H,16-17H2,(H,18,21,22). The Morgan fingerprint density at radius 2 is 1.00 bits per heavy atom. The van der Waals surface area contributed by atoms with Gasteiger partial charge in [0, 0.05) is 11.4 Å². The maximum absolute atomic E-state index is 12.6. The van der Waals surface area contributed by atoms with E-state index in [-0.39, 0.29) is 0 Å². The van der Waals surface area contributed by atoms with Crippen LogP contribution in [0.15, 0.2) is 62.9 Å². The van der Waals surface area contributed by atoms with E-state index in [9.17, 15) is 14.4 Å². The summed E-state index contributed by atoms with van der Waals surface area (Å²) in [5.41, 5.74) is 10.4. The summed E-state index contributed by atoms with van der Waals surface area (Å²) in [7, 11) is 0. The van der Waals surface area contributed by atoms with Crippen molar-refractivity contribution in [1.29, 1.82) is 0 Å². The Morgan fingerprint density at radius 3 is 1.35 bits per heavy atom. The van der Waals surface area contributed by atoms with E-state index < -0.39 is 17.1 Å². The molecule has 0 radical (unpaired) electrons. The second-order valence-electron chi connectivity index (χ2n) is 4.87. The van der Waals surface area contributed by atoms with Crippen LogP contribution in [0.3, 0.4) is 0 Å². The highest BCUT2D eigenvalue weighted by atomic mass is 16.2. The van der Waals surface area contributed by atoms with Crippen molar-refractivity contribution in [3.63, 3.8) is 0 Å². The number of nitrogens with zero attached hydrogens (tertiary/aromatic N) is 2. The molecular formula is C15H13N5O3. The summed E-state index contributed by atoms with van der Waals surface area (Å²) in [5, 5.41) is 0. The molecule has 0 aliphatic heterocycles. The lowest BCUT2D eigenvalue weighted by Crippen LogP contribution is -2.47. The third-order valence-electron chi connectivity index (χ3n) is 3.31. The smallest absolute Gasteiger partial charge is 0.345 e. The molecule has 3 aromatic rings. The molecule has 0 saturated heterocycles. The molecule has 0 saturated carbocycles. The van der Waals surface area contributed by atoms with Crippen molar-refractivity contribution in [2.45, 2.75) is 0 Å². The summed E-state index contributed by atoms with van der Waals surface area (Å²) in [5.74, 6) is 0. The first kappa shape index (κ1) is 14.4. The van der Waals surface area contributed by atoms with Crippen molar-refractivity contribution in [2.75, 3.05) is 11.5 Å². The molecule has 0 unspecified atom stereocenters. The highest BCUT2D eigenvalue weighted by Gasteiger charge is 2.12. The number of nitrogen functional groups attached to an aromatic ring is 2. The van der Waals surface area contributed by atoms with E-state index in [0.717, 1.165) is 9.13 Å². The number of nitrogens with one attached hydrogen (secondary N) is 1. The van der Waals surface area contributed by atoms with Crippen molar-refractivity contribution >= 4 is 11.4 Å². The quantitative estimate of drug-likeness (QED) is 0.566. The molecule has 8 nitrogen and oxygen atoms in total. The molecule has 1 heterocycles. The average molecular weight is 311 g/mol. The van der Waals surface area contributed by atoms with E-state index in [1.165, 1.54) is 24.3 Å². The van der Waals surface area contributed by atoms with Gasteiger partial charge in [-0.15, -0.1) is 0 Å². The van der Waals surface area contributed by atoms with Crippen molar-refractivity contribution < 1.29 is 0 Å². The van der Waals surface area contributed by atoms with E-state index >= 15 is 0 Å². The number of rotatable bonds is 2. The van der Waals surface area contributed by atoms with Crippen LogP contribution in [0.1, 0.15) is 0 Å². The van der Waals surface area contributed by atoms with Crippen molar-refractivity contribution in [3.8, 4) is 11.4 Å². The van der Waals surface area contributed by atoms with Crippen molar-refractivity contribution in [3.05, 3.63) is 80.0 Å². The third kappa shape index (κ3) is 2.53. The fourth-order valence-electron chi connectivity index (χ4n) is 2.18. The van der Waals surface area contributed by atoms with Gasteiger partial charge in [-0.1, -0.05) is 0 Å². The number of hydrogen-bond acceptors (Lipinski definition) is 5. The summed E-state index contributed by atoms with van der Waals surface area (Å²) in [6, 6.07) is 12.3. The fraction of sp³-hybridized carbons (Fsp3) is 0. The minimum Gasteiger partial charge on any atom is -0.399 e. The first-order chi connectivity index (χ1) is 11.0. The SMILES string of the molecule is Nc1ccc(-n2c(=O)[nH]c(=O)n(-c3ccc(N)cc3)c2=O)cc1. The van der Waals surface area contributed by atoms with Gasteiger partial charge >= 0.3 is 17.1 Å². The van der Waals surface area contributed by atoms with Crippen LogP contribution in [-0.4, -0.2) is 14.1 Å². The molecule has 0 amide bonds. The summed E-state index contributed by atoms with van der Waals surface area (Å²) in [6.07, 6.45) is 0. The number of hydrogen-bond donors (Lipinski definition) is 3. The summed E-state index contributed by atoms with van der Waals surface area (Å²) in [6.45, 7) is 0. The average Bonchev–Trinajstić information content (AvgIpc) is 2.50. The van der Waals surface area contributed by atoms with Crippen LogP contribution >= 0.6 is 0 Å². The van der Waals surface area contributed by atoms with Gasteiger partial charge in [-0.25, -0.2) is 23.5 Å². The molecule has 3 rings (SSSR count). The van der Waals surface area contributed by atoms with Crippen molar-refractivity contribution in [2.24, 2.45) is 0 Å². The Balaban J connectivity index is 2.31. The minimum atomic E-state index is -0.823. The Hall–Kier alpha value is -3.55. The van der Waals surface area contributed by atoms with Gasteiger partial charge in [0.25, 0.3) is 0 Å². The molecule has 0 spiro atoms. The number of nitrogens with two attached hydrogens (primary N) is 2. The predicted molar refractivity (Wildman–Crippen MR) is 87.1 cm³/mol. The second kappa shape index (κ2) is 5.34. The normalized spacial score (nSPS) is 10.6. The van der Waals surface area contributed by atoms with E-state index in [4.69, 9.17) is 11.5 Å². The summed E-state index contributed by atoms with van der Waals surface area (Å²) < 4.78 is 1.72. The molecule has 5 N–H and O–H groups in total. The molecule has 23 heavy (non-hydrogen) atoms. The van der Waals surface area contributed by atoms with Crippen LogP contribution in [0.5, 0.6) is 0 Å². The maximum Gasteiger partial charge on any atom is 0.345 e. The molecule has 0 fully saturated rings. The first-order valence-electron chi connectivity index (χ1n) is 6.67. The van der Waals surface area contributed by atoms with Gasteiger partial charge in [0.05, 0.1) is 11.4 Å². The molecule has 116 valence electrons. The van der Waals surface area contributed by atoms with Gasteiger partial charge in [0.15, 0.2) is 0 Å². The highest BCUT2D eigenvalue weighted by Crippen LogP contribution is 2.09. The molecule has 0 aliphatic carbocycles. The van der Waals surface area contributed by atoms with E-state index in [1.54, 1.807) is 24.3 Å². The largest absolute Gasteiger partial charge is 0.399 e. The van der Waals surface area contributed by atoms with Gasteiger partial charge in [-0.2, -0.15) is 0 Å². The van der Waals surface area contributed by atoms with Crippen LogP contribution in [-0.2, 0) is 0 Å². The molecule has 0 atom stereocenters. The second-order valence-corrected chi connectivity index (χ2v) is 4.87. The van der Waals surface area contributed by atoms with E-state index in [0.29, 0.717) is 22.7 Å². The fourth-order valence-corrected chi connectivity index (χ4v) is 2.18. The van der Waals surface area contributed by atoms with Crippen LogP contribution in [0.25, 0.3) is 11.4 Å². The number of aromatic nitrogens is 3. The van der Waals surface area contributed by atoms with Crippen LogP contribution in [0.2, 0.25) is 0 Å². The minimum absolute atomic E-state index is 0.301. The molecule has 0 bridgehead atoms. The zero-order valence-corrected chi connectivity index (χ0v) is 11.9. The lowest BCUT2D eigenvalue weighted by atomic mass is 10.3. The highest BCUT2D eigenvalue weighted by molar-refractivity contribution is 5.46. The number of aromatic amines is 1. The first-order valence-corrected chi connectivity index (χ1v) is 6.67. The Kier molecular flexibility index (Phi) is 3.34. The Morgan fingerprint density at radius 1 is 0.652 bits per heavy atom. The zero-order chi connectivity index (χ0) is 16.6. The summed E-state index contributed by atoms with van der Waals surface area (Å²) >= 11 is 0. The number of benzene rings is 2. The predicted octanol–water partition coefficient (Wildman–Crippen LogP) is -0.159. The van der Waals surface area contributed by atoms with Gasteiger partial charge in [-0.05, 0) is 48.5 Å². The maximum atomic E-state index is 12.6. The van der Waals surface area contributed by atoms with Crippen LogP contribution in [0, 0.1) is 0 Å². The third-order valence-corrected chi connectivity index (χ3v) is 3.31. The lowest BCUT2D eigenvalue weighted by molar-refractivity contribution is 0.715. The van der Waals surface area contributed by atoms with Gasteiger partial charge < -0.3 is 11.5 Å². The number of anilines is 2. The molecule has 1 aromatic heterocycles. The molecule has 0 aliphatic rings. The van der Waals surface area contributed by atoms with E-state index in [1.807, 2.05) is 0 Å². The zero-order valence-electron chi connectivity index (χ0n) is 11.9. The Labute approximate surface area is 129 Å².